The average Bonchev–Trinajstić information content (AvgIpc) is 2.67. The van der Waals surface area contributed by atoms with Crippen molar-refractivity contribution >= 4 is 6.21 Å². The van der Waals surface area contributed by atoms with Crippen molar-refractivity contribution < 1.29 is 4.52 Å². The Morgan fingerprint density at radius 3 is 2.70 bits per heavy atom. The van der Waals surface area contributed by atoms with Crippen molar-refractivity contribution in [2.75, 3.05) is 6.54 Å². The highest BCUT2D eigenvalue weighted by molar-refractivity contribution is 5.58. The molecular weight excluding hydrogens is 132 g/mol. The molecular formula is C5H8N4O. The van der Waals surface area contributed by atoms with E-state index in [1.54, 1.807) is 0 Å². The van der Waals surface area contributed by atoms with Crippen molar-refractivity contribution in [1.29, 1.82) is 0 Å². The number of rotatable bonds is 0. The van der Waals surface area contributed by atoms with Crippen molar-refractivity contribution in [3.63, 3.8) is 0 Å². The van der Waals surface area contributed by atoms with E-state index in [-0.39, 0.29) is 0 Å². The smallest absolute Gasteiger partial charge is 0.213 e. The van der Waals surface area contributed by atoms with Crippen LogP contribution in [0.25, 0.3) is 0 Å². The second kappa shape index (κ2) is 4.49. The molecule has 2 heterocycles. The lowest BCUT2D eigenvalue weighted by Gasteiger charge is -1.76. The van der Waals surface area contributed by atoms with Gasteiger partial charge >= 0.3 is 0 Å². The molecule has 0 spiro atoms. The molecule has 0 aromatic carbocycles. The largest absolute Gasteiger partial charge is 0.343 e. The minimum atomic E-state index is 1.03. The topological polar surface area (TPSA) is 63.3 Å². The first-order chi connectivity index (χ1) is 5.00. The van der Waals surface area contributed by atoms with Gasteiger partial charge in [0.25, 0.3) is 0 Å². The van der Waals surface area contributed by atoms with Gasteiger partial charge < -0.3 is 9.95 Å². The first-order valence-corrected chi connectivity index (χ1v) is 2.94. The molecule has 0 unspecified atom stereocenters. The summed E-state index contributed by atoms with van der Waals surface area (Å²) >= 11 is 0. The van der Waals surface area contributed by atoms with Crippen LogP contribution in [0.15, 0.2) is 22.3 Å². The molecule has 0 atom stereocenters. The molecule has 0 amide bonds. The molecule has 2 rings (SSSR count). The van der Waals surface area contributed by atoms with Gasteiger partial charge in [0.2, 0.25) is 6.39 Å². The second-order valence-corrected chi connectivity index (χ2v) is 1.59. The van der Waals surface area contributed by atoms with Gasteiger partial charge in [-0.25, -0.2) is 4.98 Å². The molecule has 0 bridgehead atoms. The van der Waals surface area contributed by atoms with Crippen molar-refractivity contribution in [3.8, 4) is 0 Å². The van der Waals surface area contributed by atoms with Crippen LogP contribution < -0.4 is 5.43 Å². The predicted molar refractivity (Wildman–Crippen MR) is 35.4 cm³/mol. The summed E-state index contributed by atoms with van der Waals surface area (Å²) in [5.74, 6) is 0. The van der Waals surface area contributed by atoms with Gasteiger partial charge in [0.15, 0.2) is 6.33 Å². The molecule has 0 saturated carbocycles. The van der Waals surface area contributed by atoms with E-state index >= 15 is 0 Å². The Morgan fingerprint density at radius 2 is 2.50 bits per heavy atom. The van der Waals surface area contributed by atoms with Crippen LogP contribution in [0.2, 0.25) is 0 Å². The lowest BCUT2D eigenvalue weighted by molar-refractivity contribution is 0.416. The predicted octanol–water partition coefficient (Wildman–Crippen LogP) is 0.0351. The molecule has 1 aromatic heterocycles. The van der Waals surface area contributed by atoms with E-state index in [1.807, 2.05) is 6.21 Å². The van der Waals surface area contributed by atoms with E-state index in [2.05, 4.69) is 25.2 Å². The molecule has 1 aliphatic heterocycles. The van der Waals surface area contributed by atoms with Crippen molar-refractivity contribution in [3.05, 3.63) is 12.7 Å². The summed E-state index contributed by atoms with van der Waals surface area (Å²) in [6.45, 7) is 1.03. The normalized spacial score (nSPS) is 13.6. The molecule has 5 nitrogen and oxygen atoms in total. The zero-order chi connectivity index (χ0) is 7.07. The van der Waals surface area contributed by atoms with Crippen LogP contribution in [-0.2, 0) is 0 Å². The molecule has 1 aliphatic rings. The van der Waals surface area contributed by atoms with Gasteiger partial charge in [-0.05, 0) is 0 Å². The fraction of sp³-hybridized carbons (Fsp3) is 0.400. The van der Waals surface area contributed by atoms with E-state index in [0.29, 0.717) is 0 Å². The Hall–Kier alpha value is -1.39. The summed E-state index contributed by atoms with van der Waals surface area (Å²) in [7, 11) is 0. The molecule has 5 heteroatoms. The van der Waals surface area contributed by atoms with Gasteiger partial charge in [-0.2, -0.15) is 5.10 Å². The van der Waals surface area contributed by atoms with Gasteiger partial charge in [-0.3, -0.25) is 0 Å². The van der Waals surface area contributed by atoms with Gasteiger partial charge in [-0.15, -0.1) is 0 Å². The summed E-state index contributed by atoms with van der Waals surface area (Å²) < 4.78 is 4.22. The van der Waals surface area contributed by atoms with Crippen LogP contribution in [-0.4, -0.2) is 22.9 Å². The molecule has 1 N–H and O–H groups in total. The Kier molecular flexibility index (Phi) is 3.02. The number of aromatic nitrogens is 2. The van der Waals surface area contributed by atoms with Gasteiger partial charge in [-0.1, -0.05) is 5.16 Å². The highest BCUT2D eigenvalue weighted by Crippen LogP contribution is 1.75. The number of hydrogen-bond donors (Lipinski definition) is 1. The Labute approximate surface area is 58.1 Å². The van der Waals surface area contributed by atoms with Crippen LogP contribution in [0.5, 0.6) is 0 Å². The Balaban J connectivity index is 0.0000001000. The fourth-order valence-corrected chi connectivity index (χ4v) is 0.459. The molecule has 0 radical (unpaired) electrons. The Bertz CT molecular complexity index is 149. The summed E-state index contributed by atoms with van der Waals surface area (Å²) in [6, 6.07) is 0. The third kappa shape index (κ3) is 2.81. The molecule has 0 aliphatic carbocycles. The van der Waals surface area contributed by atoms with Crippen LogP contribution in [0.4, 0.5) is 0 Å². The lowest BCUT2D eigenvalue weighted by atomic mass is 10.5. The number of hydrogen-bond acceptors (Lipinski definition) is 5. The van der Waals surface area contributed by atoms with Gasteiger partial charge in [0.1, 0.15) is 0 Å². The monoisotopic (exact) mass is 140 g/mol. The lowest BCUT2D eigenvalue weighted by Crippen LogP contribution is -1.96. The third-order valence-corrected chi connectivity index (χ3v) is 0.850. The molecule has 54 valence electrons. The minimum absolute atomic E-state index is 1.03. The number of hydrazone groups is 1. The SMILES string of the molecule is C1=NNCC1.c1ncon1. The highest BCUT2D eigenvalue weighted by atomic mass is 16.5. The first-order valence-electron chi connectivity index (χ1n) is 2.94. The molecule has 0 fully saturated rings. The van der Waals surface area contributed by atoms with Crippen LogP contribution in [0, 0.1) is 0 Å². The average molecular weight is 140 g/mol. The zero-order valence-corrected chi connectivity index (χ0v) is 5.40. The first kappa shape index (κ1) is 6.73. The van der Waals surface area contributed by atoms with E-state index in [0.717, 1.165) is 13.0 Å². The summed E-state index contributed by atoms with van der Waals surface area (Å²) in [5, 5.41) is 6.94. The maximum absolute atomic E-state index is 4.22. The molecule has 10 heavy (non-hydrogen) atoms. The highest BCUT2D eigenvalue weighted by Gasteiger charge is 1.83. The van der Waals surface area contributed by atoms with Gasteiger partial charge in [0, 0.05) is 19.2 Å². The van der Waals surface area contributed by atoms with E-state index < -0.39 is 0 Å². The Morgan fingerprint density at radius 1 is 1.50 bits per heavy atom. The minimum Gasteiger partial charge on any atom is -0.343 e. The van der Waals surface area contributed by atoms with Crippen molar-refractivity contribution in [1.82, 2.24) is 15.6 Å². The number of nitrogens with one attached hydrogen (secondary N) is 1. The van der Waals surface area contributed by atoms with E-state index in [9.17, 15) is 0 Å². The maximum atomic E-state index is 4.22. The van der Waals surface area contributed by atoms with Crippen LogP contribution >= 0.6 is 0 Å². The van der Waals surface area contributed by atoms with Gasteiger partial charge in [0.05, 0.1) is 0 Å². The van der Waals surface area contributed by atoms with E-state index in [4.69, 9.17) is 0 Å². The molecule has 0 saturated heterocycles. The van der Waals surface area contributed by atoms with E-state index in [1.165, 1.54) is 12.7 Å². The molecule has 1 aromatic rings. The second-order valence-electron chi connectivity index (χ2n) is 1.59. The summed E-state index contributed by atoms with van der Waals surface area (Å²) in [4.78, 5) is 3.44. The zero-order valence-electron chi connectivity index (χ0n) is 5.40. The third-order valence-electron chi connectivity index (χ3n) is 0.850. The van der Waals surface area contributed by atoms with Crippen LogP contribution in [0.1, 0.15) is 6.42 Å². The quantitative estimate of drug-likeness (QED) is 0.552. The van der Waals surface area contributed by atoms with Crippen molar-refractivity contribution in [2.24, 2.45) is 5.10 Å². The standard InChI is InChI=1S/C3H6N2.C2H2N2O/c1-2-4-5-3-1;1-3-2-5-4-1/h2,5H,1,3H2;1-2H. The van der Waals surface area contributed by atoms with Crippen LogP contribution in [0.3, 0.4) is 0 Å². The summed E-state index contributed by atoms with van der Waals surface area (Å²) in [5.41, 5.74) is 2.79. The fourth-order valence-electron chi connectivity index (χ4n) is 0.459. The number of nitrogens with zero attached hydrogens (tertiary/aromatic N) is 3. The summed E-state index contributed by atoms with van der Waals surface area (Å²) in [6.07, 6.45) is 5.57. The van der Waals surface area contributed by atoms with Crippen molar-refractivity contribution in [2.45, 2.75) is 6.42 Å². The maximum Gasteiger partial charge on any atom is 0.213 e.